The highest BCUT2D eigenvalue weighted by molar-refractivity contribution is 7.90. The average Bonchev–Trinajstić information content (AvgIpc) is 3.66. The van der Waals surface area contributed by atoms with Crippen molar-refractivity contribution in [1.29, 1.82) is 0 Å². The molecule has 2 aromatic heterocycles. The first kappa shape index (κ1) is 44.3. The Morgan fingerprint density at radius 1 is 0.985 bits per heavy atom. The molecule has 3 N–H and O–H groups in total. The Hall–Kier alpha value is -5.86. The molecule has 16 nitrogen and oxygen atoms in total. The fourth-order valence-electron chi connectivity index (χ4n) is 8.76. The van der Waals surface area contributed by atoms with Crippen molar-refractivity contribution in [2.75, 3.05) is 87.4 Å². The van der Waals surface area contributed by atoms with Crippen molar-refractivity contribution in [2.45, 2.75) is 42.6 Å². The molecular weight excluding hydrogens is 886 g/mol. The van der Waals surface area contributed by atoms with Crippen molar-refractivity contribution < 1.29 is 41.1 Å². The third-order valence-electron chi connectivity index (χ3n) is 12.2. The van der Waals surface area contributed by atoms with Gasteiger partial charge in [-0.2, -0.15) is 4.98 Å². The van der Waals surface area contributed by atoms with Crippen molar-refractivity contribution in [3.05, 3.63) is 111 Å². The number of nitro benzene ring substituents is 1. The lowest BCUT2D eigenvalue weighted by atomic mass is 9.85. The molecule has 5 heterocycles. The van der Waals surface area contributed by atoms with E-state index in [1.807, 2.05) is 23.1 Å². The van der Waals surface area contributed by atoms with Crippen molar-refractivity contribution in [3.8, 4) is 5.88 Å². The number of nitro groups is 1. The van der Waals surface area contributed by atoms with Crippen LogP contribution >= 0.6 is 11.6 Å². The van der Waals surface area contributed by atoms with E-state index in [-0.39, 0.29) is 36.7 Å². The smallest absolute Gasteiger partial charge is 0.293 e. The van der Waals surface area contributed by atoms with Crippen LogP contribution in [0.15, 0.2) is 89.5 Å². The van der Waals surface area contributed by atoms with Gasteiger partial charge in [-0.05, 0) is 78.6 Å². The Morgan fingerprint density at radius 3 is 2.57 bits per heavy atom. The number of piperazine rings is 1. The first-order chi connectivity index (χ1) is 31.3. The maximum Gasteiger partial charge on any atom is 0.293 e. The fraction of sp³-hybridized carbons (Fsp3) is 0.378. The van der Waals surface area contributed by atoms with Crippen LogP contribution in [0, 0.1) is 10.1 Å². The second kappa shape index (κ2) is 18.6. The van der Waals surface area contributed by atoms with Crippen LogP contribution in [0.4, 0.5) is 37.2 Å². The quantitative estimate of drug-likeness (QED) is 0.0833. The third kappa shape index (κ3) is 9.89. The fourth-order valence-corrected chi connectivity index (χ4v) is 9.88. The largest absolute Gasteiger partial charge is 0.476 e. The number of nitrogens with one attached hydrogen (secondary N) is 3. The number of ether oxygens (including phenoxy) is 3. The lowest BCUT2D eigenvalue weighted by Gasteiger charge is -2.38. The number of nitrogens with zero attached hydrogens (tertiary/aromatic N) is 5. The molecule has 1 atom stereocenters. The summed E-state index contributed by atoms with van der Waals surface area (Å²) in [7, 11) is -4.63. The number of allylic oxidation sites excluding steroid dienone is 1. The highest BCUT2D eigenvalue weighted by Crippen LogP contribution is 2.43. The minimum Gasteiger partial charge on any atom is -0.476 e. The number of benzene rings is 3. The summed E-state index contributed by atoms with van der Waals surface area (Å²) in [6.07, 6.45) is 1.75. The van der Waals surface area contributed by atoms with E-state index in [9.17, 15) is 32.1 Å². The molecule has 0 bridgehead atoms. The Bertz CT molecular complexity index is 2740. The number of halogens is 3. The first-order valence-corrected chi connectivity index (χ1v) is 23.3. The molecule has 1 amide bonds. The van der Waals surface area contributed by atoms with Gasteiger partial charge in [0.2, 0.25) is 5.88 Å². The standard InChI is InChI=1S/C45H47ClF2N8O8S/c46-32-4-2-29(3-5-32)37-25-45(47,48)12-10-31(37)27-53-15-17-54(18-16-53)33-6-8-36(39(23-33)55-14-1-19-64-44-41(55)22-30-11-13-49-42(30)51-44)43(57)52-65(60,61)35-7-9-38(40(24-35)56(58)59)50-26-34-28-62-20-21-63-34/h2-9,11,13,22-24,34,50H,1,10,12,14-21,25-28H2,(H,49,51)(H,52,57). The van der Waals surface area contributed by atoms with Crippen molar-refractivity contribution in [1.82, 2.24) is 19.6 Å². The van der Waals surface area contributed by atoms with E-state index in [0.29, 0.717) is 112 Å². The summed E-state index contributed by atoms with van der Waals surface area (Å²) in [6, 6.07) is 19.4. The lowest BCUT2D eigenvalue weighted by Crippen LogP contribution is -2.47. The number of anilines is 4. The molecule has 2 saturated heterocycles. The number of carbonyl (C=O) groups excluding carboxylic acids is 1. The molecule has 20 heteroatoms. The maximum atomic E-state index is 14.7. The summed E-state index contributed by atoms with van der Waals surface area (Å²) in [5.41, 5.74) is 4.42. The van der Waals surface area contributed by atoms with E-state index in [1.165, 1.54) is 12.1 Å². The van der Waals surface area contributed by atoms with E-state index in [2.05, 4.69) is 24.8 Å². The molecule has 342 valence electrons. The van der Waals surface area contributed by atoms with Gasteiger partial charge in [-0.25, -0.2) is 21.9 Å². The first-order valence-electron chi connectivity index (χ1n) is 21.4. The van der Waals surface area contributed by atoms with Gasteiger partial charge in [0, 0.05) is 87.0 Å². The highest BCUT2D eigenvalue weighted by Gasteiger charge is 2.37. The second-order valence-electron chi connectivity index (χ2n) is 16.5. The Morgan fingerprint density at radius 2 is 1.80 bits per heavy atom. The topological polar surface area (TPSA) is 185 Å². The van der Waals surface area contributed by atoms with Crippen LogP contribution in [-0.2, 0) is 19.5 Å². The summed E-state index contributed by atoms with van der Waals surface area (Å²) in [4.78, 5) is 39.4. The van der Waals surface area contributed by atoms with E-state index in [0.717, 1.165) is 28.3 Å². The molecule has 3 aromatic carbocycles. The highest BCUT2D eigenvalue weighted by atomic mass is 35.5. The normalized spacial score (nSPS) is 19.3. The molecule has 9 rings (SSSR count). The molecular formula is C45H47ClF2N8O8S. The summed E-state index contributed by atoms with van der Waals surface area (Å²) in [5, 5.41) is 16.4. The van der Waals surface area contributed by atoms with Crippen molar-refractivity contribution >= 4 is 72.6 Å². The molecule has 1 aliphatic carbocycles. The number of pyridine rings is 1. The zero-order valence-electron chi connectivity index (χ0n) is 35.2. The van der Waals surface area contributed by atoms with Gasteiger partial charge in [0.1, 0.15) is 17.0 Å². The van der Waals surface area contributed by atoms with Gasteiger partial charge in [-0.15, -0.1) is 0 Å². The average molecular weight is 933 g/mol. The molecule has 3 aliphatic heterocycles. The van der Waals surface area contributed by atoms with Gasteiger partial charge in [-0.1, -0.05) is 29.3 Å². The van der Waals surface area contributed by atoms with Gasteiger partial charge in [0.15, 0.2) is 0 Å². The number of alkyl halides is 2. The summed E-state index contributed by atoms with van der Waals surface area (Å²) >= 11 is 6.12. The maximum absolute atomic E-state index is 14.7. The zero-order chi connectivity index (χ0) is 45.3. The zero-order valence-corrected chi connectivity index (χ0v) is 36.8. The molecule has 5 aromatic rings. The summed E-state index contributed by atoms with van der Waals surface area (Å²) in [6.45, 7) is 5.12. The number of aromatic amines is 1. The van der Waals surface area contributed by atoms with Gasteiger partial charge in [-0.3, -0.25) is 19.8 Å². The Labute approximate surface area is 378 Å². The van der Waals surface area contributed by atoms with E-state index >= 15 is 0 Å². The van der Waals surface area contributed by atoms with Gasteiger partial charge in [0.05, 0.1) is 53.6 Å². The predicted molar refractivity (Wildman–Crippen MR) is 242 cm³/mol. The van der Waals surface area contributed by atoms with Crippen LogP contribution in [0.1, 0.15) is 41.6 Å². The van der Waals surface area contributed by atoms with Crippen LogP contribution in [0.2, 0.25) is 5.02 Å². The summed E-state index contributed by atoms with van der Waals surface area (Å²) in [5.74, 6) is -3.39. The number of H-pyrrole nitrogens is 1. The van der Waals surface area contributed by atoms with Crippen molar-refractivity contribution in [2.24, 2.45) is 0 Å². The number of aromatic nitrogens is 2. The second-order valence-corrected chi connectivity index (χ2v) is 18.6. The van der Waals surface area contributed by atoms with Crippen molar-refractivity contribution in [3.63, 3.8) is 0 Å². The van der Waals surface area contributed by atoms with Crippen LogP contribution in [0.25, 0.3) is 16.6 Å². The van der Waals surface area contributed by atoms with Gasteiger partial charge in [0.25, 0.3) is 27.5 Å². The molecule has 0 saturated carbocycles. The van der Waals surface area contributed by atoms with Gasteiger partial charge >= 0.3 is 0 Å². The Balaban J connectivity index is 0.986. The molecule has 0 radical (unpaired) electrons. The molecule has 2 fully saturated rings. The Kier molecular flexibility index (Phi) is 12.7. The SMILES string of the molecule is O=C(NS(=O)(=O)c1ccc(NCC2COCCO2)c([N+](=O)[O-])c1)c1ccc(N2CCN(CC3=C(c4ccc(Cl)cc4)CC(F)(F)CC3)CC2)cc1N1CCCOc2nc3[nH]ccc3cc21. The number of sulfonamides is 1. The predicted octanol–water partition coefficient (Wildman–Crippen LogP) is 7.39. The number of hydrogen-bond acceptors (Lipinski definition) is 13. The van der Waals surface area contributed by atoms with E-state index in [4.69, 9.17) is 30.8 Å². The number of fused-ring (bicyclic) bond motifs is 2. The summed E-state index contributed by atoms with van der Waals surface area (Å²) < 4.78 is 76.5. The van der Waals surface area contributed by atoms with E-state index < -0.39 is 37.4 Å². The number of carbonyl (C=O) groups is 1. The molecule has 1 unspecified atom stereocenters. The molecule has 4 aliphatic rings. The monoisotopic (exact) mass is 932 g/mol. The van der Waals surface area contributed by atoms with Crippen LogP contribution in [-0.4, -0.2) is 118 Å². The van der Waals surface area contributed by atoms with Crippen LogP contribution in [0.3, 0.4) is 0 Å². The lowest BCUT2D eigenvalue weighted by molar-refractivity contribution is -0.384. The van der Waals surface area contributed by atoms with Crippen LogP contribution in [0.5, 0.6) is 5.88 Å². The third-order valence-corrected chi connectivity index (χ3v) is 13.7. The molecule has 65 heavy (non-hydrogen) atoms. The minimum atomic E-state index is -4.63. The number of amides is 1. The number of hydrogen-bond donors (Lipinski definition) is 3. The minimum absolute atomic E-state index is 0.0382. The van der Waals surface area contributed by atoms with E-state index in [1.54, 1.807) is 42.6 Å². The van der Waals surface area contributed by atoms with Crippen LogP contribution < -0.4 is 24.6 Å². The number of rotatable bonds is 12. The molecule has 0 spiro atoms. The van der Waals surface area contributed by atoms with Gasteiger partial charge < -0.3 is 34.3 Å².